The van der Waals surface area contributed by atoms with E-state index in [2.05, 4.69) is 34.8 Å². The van der Waals surface area contributed by atoms with Crippen LogP contribution in [0, 0.1) is 3.77 Å². The maximum absolute atomic E-state index is 6.16. The predicted octanol–water partition coefficient (Wildman–Crippen LogP) is 5.04. The summed E-state index contributed by atoms with van der Waals surface area (Å²) in [6.07, 6.45) is 0. The minimum atomic E-state index is 0.137. The van der Waals surface area contributed by atoms with Gasteiger partial charge in [0.05, 0.1) is 6.54 Å². The Morgan fingerprint density at radius 1 is 1.28 bits per heavy atom. The number of furan rings is 1. The zero-order valence-electron chi connectivity index (χ0n) is 9.71. The minimum Gasteiger partial charge on any atom is -0.454 e. The number of halogens is 3. The molecule has 18 heavy (non-hydrogen) atoms. The molecule has 1 atom stereocenters. The molecule has 0 saturated heterocycles. The van der Waals surface area contributed by atoms with E-state index < -0.39 is 0 Å². The second-order valence-corrected chi connectivity index (χ2v) is 5.88. The fourth-order valence-corrected chi connectivity index (χ4v) is 2.70. The molecule has 1 heterocycles. The molecule has 2 nitrogen and oxygen atoms in total. The van der Waals surface area contributed by atoms with Crippen molar-refractivity contribution >= 4 is 45.8 Å². The summed E-state index contributed by atoms with van der Waals surface area (Å²) in [7, 11) is 0. The van der Waals surface area contributed by atoms with Crippen molar-refractivity contribution in [3.63, 3.8) is 0 Å². The first-order valence-corrected chi connectivity index (χ1v) is 7.32. The highest BCUT2D eigenvalue weighted by atomic mass is 127. The number of benzene rings is 1. The first-order valence-electron chi connectivity index (χ1n) is 5.49. The molecule has 0 aliphatic heterocycles. The lowest BCUT2D eigenvalue weighted by atomic mass is 10.1. The topological polar surface area (TPSA) is 25.2 Å². The van der Waals surface area contributed by atoms with Crippen molar-refractivity contribution in [2.75, 3.05) is 0 Å². The summed E-state index contributed by atoms with van der Waals surface area (Å²) in [5.41, 5.74) is 1.03. The van der Waals surface area contributed by atoms with E-state index in [0.717, 1.165) is 15.1 Å². The molecule has 2 aromatic rings. The van der Waals surface area contributed by atoms with Crippen LogP contribution in [0.2, 0.25) is 10.0 Å². The Labute approximate surface area is 130 Å². The van der Waals surface area contributed by atoms with Gasteiger partial charge in [-0.05, 0) is 59.3 Å². The van der Waals surface area contributed by atoms with Crippen LogP contribution >= 0.6 is 45.8 Å². The van der Waals surface area contributed by atoms with Crippen LogP contribution in [0.4, 0.5) is 0 Å². The van der Waals surface area contributed by atoms with Crippen molar-refractivity contribution in [1.29, 1.82) is 0 Å². The molecule has 0 aliphatic rings. The minimum absolute atomic E-state index is 0.137. The Morgan fingerprint density at radius 2 is 2.06 bits per heavy atom. The van der Waals surface area contributed by atoms with Gasteiger partial charge in [0.1, 0.15) is 5.76 Å². The van der Waals surface area contributed by atoms with Gasteiger partial charge in [-0.2, -0.15) is 0 Å². The molecule has 5 heteroatoms. The van der Waals surface area contributed by atoms with Crippen LogP contribution < -0.4 is 5.32 Å². The summed E-state index contributed by atoms with van der Waals surface area (Å²) in [5, 5.41) is 4.69. The zero-order valence-corrected chi connectivity index (χ0v) is 13.4. The van der Waals surface area contributed by atoms with Crippen molar-refractivity contribution in [3.8, 4) is 0 Å². The van der Waals surface area contributed by atoms with E-state index >= 15 is 0 Å². The molecule has 0 radical (unpaired) electrons. The summed E-state index contributed by atoms with van der Waals surface area (Å²) < 4.78 is 6.38. The normalized spacial score (nSPS) is 12.7. The molecule has 0 aliphatic carbocycles. The second kappa shape index (κ2) is 6.28. The van der Waals surface area contributed by atoms with Crippen LogP contribution in [-0.2, 0) is 6.54 Å². The summed E-state index contributed by atoms with van der Waals surface area (Å²) in [4.78, 5) is 0. The second-order valence-electron chi connectivity index (χ2n) is 3.97. The lowest BCUT2D eigenvalue weighted by Gasteiger charge is -2.15. The van der Waals surface area contributed by atoms with Gasteiger partial charge in [-0.15, -0.1) is 0 Å². The van der Waals surface area contributed by atoms with Crippen LogP contribution in [0.15, 0.2) is 34.7 Å². The summed E-state index contributed by atoms with van der Waals surface area (Å²) in [5.74, 6) is 0.913. The number of nitrogens with one attached hydrogen (secondary N) is 1. The first-order chi connectivity index (χ1) is 8.56. The van der Waals surface area contributed by atoms with Gasteiger partial charge >= 0.3 is 0 Å². The van der Waals surface area contributed by atoms with Gasteiger partial charge in [0.15, 0.2) is 3.77 Å². The fourth-order valence-electron chi connectivity index (χ4n) is 1.66. The average Bonchev–Trinajstić information content (AvgIpc) is 2.72. The molecule has 1 aromatic heterocycles. The maximum Gasteiger partial charge on any atom is 0.164 e. The zero-order chi connectivity index (χ0) is 13.1. The SMILES string of the molecule is CC(NCc1ccc(I)o1)c1ccc(Cl)cc1Cl. The molecule has 0 fully saturated rings. The van der Waals surface area contributed by atoms with Crippen molar-refractivity contribution in [1.82, 2.24) is 5.32 Å². The highest BCUT2D eigenvalue weighted by Gasteiger charge is 2.10. The highest BCUT2D eigenvalue weighted by molar-refractivity contribution is 14.1. The Hall–Kier alpha value is -0.230. The van der Waals surface area contributed by atoms with Gasteiger partial charge in [-0.1, -0.05) is 29.3 Å². The molecule has 2 rings (SSSR count). The maximum atomic E-state index is 6.16. The monoisotopic (exact) mass is 395 g/mol. The van der Waals surface area contributed by atoms with Crippen LogP contribution in [0.1, 0.15) is 24.3 Å². The van der Waals surface area contributed by atoms with E-state index in [1.807, 2.05) is 24.3 Å². The van der Waals surface area contributed by atoms with Gasteiger partial charge in [-0.3, -0.25) is 0 Å². The van der Waals surface area contributed by atoms with Crippen LogP contribution in [0.3, 0.4) is 0 Å². The third-order valence-electron chi connectivity index (χ3n) is 2.64. The standard InChI is InChI=1S/C13H12Cl2INO/c1-8(11-4-2-9(14)6-12(11)15)17-7-10-3-5-13(16)18-10/h2-6,8,17H,7H2,1H3. The Morgan fingerprint density at radius 3 is 2.67 bits per heavy atom. The van der Waals surface area contributed by atoms with Crippen LogP contribution in [0.25, 0.3) is 0 Å². The highest BCUT2D eigenvalue weighted by Crippen LogP contribution is 2.26. The molecule has 96 valence electrons. The number of hydrogen-bond donors (Lipinski definition) is 1. The first kappa shape index (κ1) is 14.2. The number of hydrogen-bond acceptors (Lipinski definition) is 2. The quantitative estimate of drug-likeness (QED) is 0.733. The Balaban J connectivity index is 2.01. The van der Waals surface area contributed by atoms with Crippen molar-refractivity contribution < 1.29 is 4.42 Å². The number of rotatable bonds is 4. The lowest BCUT2D eigenvalue weighted by molar-refractivity contribution is 0.445. The molecule has 1 unspecified atom stereocenters. The summed E-state index contributed by atoms with van der Waals surface area (Å²) in [6.45, 7) is 2.73. The third kappa shape index (κ3) is 3.63. The predicted molar refractivity (Wildman–Crippen MR) is 83.1 cm³/mol. The summed E-state index contributed by atoms with van der Waals surface area (Å²) >= 11 is 14.2. The van der Waals surface area contributed by atoms with E-state index in [1.54, 1.807) is 6.07 Å². The largest absolute Gasteiger partial charge is 0.454 e. The van der Waals surface area contributed by atoms with E-state index in [-0.39, 0.29) is 6.04 Å². The lowest BCUT2D eigenvalue weighted by Crippen LogP contribution is -2.18. The average molecular weight is 396 g/mol. The van der Waals surface area contributed by atoms with Crippen LogP contribution in [0.5, 0.6) is 0 Å². The van der Waals surface area contributed by atoms with Crippen molar-refractivity contribution in [2.24, 2.45) is 0 Å². The van der Waals surface area contributed by atoms with Gasteiger partial charge in [0.25, 0.3) is 0 Å². The molecule has 0 saturated carbocycles. The molecular formula is C13H12Cl2INO. The van der Waals surface area contributed by atoms with E-state index in [0.29, 0.717) is 16.6 Å². The van der Waals surface area contributed by atoms with E-state index in [1.165, 1.54) is 0 Å². The Kier molecular flexibility index (Phi) is 4.95. The van der Waals surface area contributed by atoms with Crippen molar-refractivity contribution in [3.05, 3.63) is 55.5 Å². The van der Waals surface area contributed by atoms with Gasteiger partial charge < -0.3 is 9.73 Å². The van der Waals surface area contributed by atoms with E-state index in [9.17, 15) is 0 Å². The molecule has 0 amide bonds. The molecular weight excluding hydrogens is 384 g/mol. The van der Waals surface area contributed by atoms with Crippen LogP contribution in [-0.4, -0.2) is 0 Å². The molecule has 0 bridgehead atoms. The Bertz CT molecular complexity index is 542. The fraction of sp³-hybridized carbons (Fsp3) is 0.231. The van der Waals surface area contributed by atoms with E-state index in [4.69, 9.17) is 27.6 Å². The summed E-state index contributed by atoms with van der Waals surface area (Å²) in [6, 6.07) is 9.58. The van der Waals surface area contributed by atoms with Gasteiger partial charge in [0.2, 0.25) is 0 Å². The van der Waals surface area contributed by atoms with Gasteiger partial charge in [0, 0.05) is 16.1 Å². The molecule has 1 aromatic carbocycles. The smallest absolute Gasteiger partial charge is 0.164 e. The molecule has 1 N–H and O–H groups in total. The third-order valence-corrected chi connectivity index (χ3v) is 3.78. The van der Waals surface area contributed by atoms with Crippen molar-refractivity contribution in [2.45, 2.75) is 19.5 Å². The molecule has 0 spiro atoms. The van der Waals surface area contributed by atoms with Gasteiger partial charge in [-0.25, -0.2) is 0 Å².